The van der Waals surface area contributed by atoms with Crippen LogP contribution >= 0.6 is 0 Å². The fourth-order valence-corrected chi connectivity index (χ4v) is 4.49. The van der Waals surface area contributed by atoms with Crippen molar-refractivity contribution in [1.29, 1.82) is 0 Å². The summed E-state index contributed by atoms with van der Waals surface area (Å²) in [5.41, 5.74) is 1.68. The second-order valence-corrected chi connectivity index (χ2v) is 8.93. The molecule has 0 spiro atoms. The highest BCUT2D eigenvalue weighted by Gasteiger charge is 2.37. The van der Waals surface area contributed by atoms with Gasteiger partial charge < -0.3 is 44.7 Å². The second-order valence-electron chi connectivity index (χ2n) is 8.93. The number of carbonyl (C=O) groups excluding carboxylic acids is 2. The van der Waals surface area contributed by atoms with Crippen molar-refractivity contribution in [3.63, 3.8) is 0 Å². The number of methoxy groups -OCH3 is 2. The van der Waals surface area contributed by atoms with Crippen molar-refractivity contribution >= 4 is 18.9 Å². The molecule has 2 amide bonds. The van der Waals surface area contributed by atoms with Crippen LogP contribution in [-0.4, -0.2) is 73.7 Å². The van der Waals surface area contributed by atoms with E-state index in [1.54, 1.807) is 7.11 Å². The maximum atomic E-state index is 13.0. The zero-order valence-electron chi connectivity index (χ0n) is 19.9. The average Bonchev–Trinajstić information content (AvgIpc) is 3.30. The molecule has 12 heteroatoms. The van der Waals surface area contributed by atoms with E-state index >= 15 is 0 Å². The molecule has 0 aromatic heterocycles. The van der Waals surface area contributed by atoms with Gasteiger partial charge in [-0.25, -0.2) is 0 Å². The molecule has 1 aliphatic carbocycles. The third-order valence-electron chi connectivity index (χ3n) is 6.14. The molecule has 3 unspecified atom stereocenters. The van der Waals surface area contributed by atoms with Crippen molar-refractivity contribution < 1.29 is 43.7 Å². The van der Waals surface area contributed by atoms with Crippen LogP contribution in [0.2, 0.25) is 0 Å². The van der Waals surface area contributed by atoms with Crippen LogP contribution in [0.4, 0.5) is 0 Å². The molecular weight excluding hydrogens is 447 g/mol. The van der Waals surface area contributed by atoms with E-state index in [2.05, 4.69) is 10.6 Å². The van der Waals surface area contributed by atoms with Gasteiger partial charge in [0.1, 0.15) is 6.04 Å². The lowest BCUT2D eigenvalue weighted by atomic mass is 9.75. The minimum Gasteiger partial charge on any atom is -0.492 e. The first-order chi connectivity index (χ1) is 16.2. The second kappa shape index (κ2) is 11.2. The van der Waals surface area contributed by atoms with E-state index in [1.807, 2.05) is 13.8 Å². The number of hydrogen-bond acceptors (Lipinski definition) is 9. The summed E-state index contributed by atoms with van der Waals surface area (Å²) < 4.78 is 22.3. The van der Waals surface area contributed by atoms with Crippen LogP contribution in [0.3, 0.4) is 0 Å². The highest BCUT2D eigenvalue weighted by atomic mass is 16.7. The number of fused-ring (bicyclic) bond motifs is 3. The molecule has 3 atom stereocenters. The van der Waals surface area contributed by atoms with E-state index in [1.165, 1.54) is 7.11 Å². The van der Waals surface area contributed by atoms with Crippen LogP contribution in [-0.2, 0) is 22.4 Å². The van der Waals surface area contributed by atoms with E-state index < -0.39 is 43.4 Å². The first-order valence-corrected chi connectivity index (χ1v) is 11.3. The molecular formula is C22H33BN2O9. The van der Waals surface area contributed by atoms with Crippen LogP contribution in [0.25, 0.3) is 0 Å². The average molecular weight is 480 g/mol. The Balaban J connectivity index is 1.73. The summed E-state index contributed by atoms with van der Waals surface area (Å²) in [7, 11) is 1.30. The topological polar surface area (TPSA) is 156 Å². The van der Waals surface area contributed by atoms with Gasteiger partial charge in [-0.05, 0) is 31.6 Å². The minimum absolute atomic E-state index is 0.0309. The van der Waals surface area contributed by atoms with E-state index in [4.69, 9.17) is 18.9 Å². The Morgan fingerprint density at radius 2 is 1.76 bits per heavy atom. The molecule has 188 valence electrons. The summed E-state index contributed by atoms with van der Waals surface area (Å²) in [5, 5.41) is 33.9. The fraction of sp³-hybridized carbons (Fsp3) is 0.636. The van der Waals surface area contributed by atoms with Crippen molar-refractivity contribution in [2.45, 2.75) is 51.5 Å². The predicted octanol–water partition coefficient (Wildman–Crippen LogP) is -0.443. The highest BCUT2D eigenvalue weighted by molar-refractivity contribution is 6.43. The summed E-state index contributed by atoms with van der Waals surface area (Å²) in [6, 6.07) is -1.22. The van der Waals surface area contributed by atoms with Gasteiger partial charge in [0, 0.05) is 17.0 Å². The third kappa shape index (κ3) is 5.34. The molecule has 11 nitrogen and oxygen atoms in total. The van der Waals surface area contributed by atoms with Crippen molar-refractivity contribution in [2.75, 3.05) is 27.6 Å². The zero-order chi connectivity index (χ0) is 25.0. The normalized spacial score (nSPS) is 18.1. The largest absolute Gasteiger partial charge is 0.492 e. The van der Waals surface area contributed by atoms with E-state index in [9.17, 15) is 24.7 Å². The number of benzene rings is 1. The van der Waals surface area contributed by atoms with E-state index in [0.717, 1.165) is 11.1 Å². The molecule has 1 heterocycles. The molecule has 0 saturated carbocycles. The lowest BCUT2D eigenvalue weighted by Crippen LogP contribution is -2.56. The van der Waals surface area contributed by atoms with Crippen LogP contribution < -0.4 is 29.6 Å². The van der Waals surface area contributed by atoms with Gasteiger partial charge in [-0.1, -0.05) is 13.8 Å². The van der Waals surface area contributed by atoms with Gasteiger partial charge in [0.05, 0.1) is 26.8 Å². The quantitative estimate of drug-likeness (QED) is 0.280. The monoisotopic (exact) mass is 480 g/mol. The van der Waals surface area contributed by atoms with Gasteiger partial charge in [0.15, 0.2) is 11.5 Å². The number of hydrogen-bond donors (Lipinski definition) is 5. The summed E-state index contributed by atoms with van der Waals surface area (Å²) in [6.07, 6.45) is 1.67. The molecule has 0 fully saturated rings. The molecule has 1 aromatic carbocycles. The first kappa shape index (κ1) is 25.9. The van der Waals surface area contributed by atoms with E-state index in [-0.39, 0.29) is 12.7 Å². The van der Waals surface area contributed by atoms with Gasteiger partial charge in [-0.3, -0.25) is 9.59 Å². The lowest BCUT2D eigenvalue weighted by molar-refractivity contribution is -0.132. The van der Waals surface area contributed by atoms with Crippen LogP contribution in [0.5, 0.6) is 23.0 Å². The predicted molar refractivity (Wildman–Crippen MR) is 122 cm³/mol. The lowest BCUT2D eigenvalue weighted by Gasteiger charge is -2.29. The van der Waals surface area contributed by atoms with Crippen molar-refractivity contribution in [2.24, 2.45) is 11.8 Å². The van der Waals surface area contributed by atoms with Crippen LogP contribution in [0.15, 0.2) is 0 Å². The SMILES string of the molecule is COc1c2c(c3c(c1OC)OCO3)CC(C(=O)NC(CO)C(=O)NC(CC(C)C)B(O)O)CC2. The maximum absolute atomic E-state index is 13.0. The maximum Gasteiger partial charge on any atom is 0.475 e. The molecule has 2 aliphatic rings. The summed E-state index contributed by atoms with van der Waals surface area (Å²) in [5.74, 6) is -0.414. The van der Waals surface area contributed by atoms with Gasteiger partial charge >= 0.3 is 7.12 Å². The van der Waals surface area contributed by atoms with Crippen molar-refractivity contribution in [3.8, 4) is 23.0 Å². The number of nitrogens with one attached hydrogen (secondary N) is 2. The fourth-order valence-electron chi connectivity index (χ4n) is 4.49. The Morgan fingerprint density at radius 1 is 1.09 bits per heavy atom. The van der Waals surface area contributed by atoms with Crippen LogP contribution in [0, 0.1) is 11.8 Å². The molecule has 34 heavy (non-hydrogen) atoms. The Kier molecular flexibility index (Phi) is 8.50. The number of rotatable bonds is 10. The standard InChI is InChI=1S/C22H33BN2O9/c1-11(2)7-16(23(29)30)25-22(28)15(9-26)24-21(27)12-5-6-13-14(8-12)18-20(34-10-33-18)19(32-4)17(13)31-3/h11-12,15-16,26,29-30H,5-10H2,1-4H3,(H,24,27)(H,25,28). The molecule has 0 saturated heterocycles. The van der Waals surface area contributed by atoms with Gasteiger partial charge in [-0.15, -0.1) is 0 Å². The van der Waals surface area contributed by atoms with E-state index in [0.29, 0.717) is 48.7 Å². The smallest absolute Gasteiger partial charge is 0.475 e. The molecule has 3 rings (SSSR count). The summed E-state index contributed by atoms with van der Waals surface area (Å²) in [6.45, 7) is 3.16. The molecule has 5 N–H and O–H groups in total. The summed E-state index contributed by atoms with van der Waals surface area (Å²) in [4.78, 5) is 25.6. The van der Waals surface area contributed by atoms with Crippen molar-refractivity contribution in [3.05, 3.63) is 11.1 Å². The van der Waals surface area contributed by atoms with Gasteiger partial charge in [0.25, 0.3) is 0 Å². The highest BCUT2D eigenvalue weighted by Crippen LogP contribution is 2.54. The minimum atomic E-state index is -1.76. The molecule has 1 aliphatic heterocycles. The molecule has 0 radical (unpaired) electrons. The Labute approximate surface area is 198 Å². The number of amides is 2. The summed E-state index contributed by atoms with van der Waals surface area (Å²) >= 11 is 0. The Bertz CT molecular complexity index is 909. The van der Waals surface area contributed by atoms with Crippen molar-refractivity contribution in [1.82, 2.24) is 10.6 Å². The van der Waals surface area contributed by atoms with Crippen LogP contribution in [0.1, 0.15) is 37.8 Å². The zero-order valence-corrected chi connectivity index (χ0v) is 19.9. The number of aliphatic hydroxyl groups excluding tert-OH is 1. The molecule has 0 bridgehead atoms. The number of ether oxygens (including phenoxy) is 4. The van der Waals surface area contributed by atoms with Gasteiger partial charge in [0.2, 0.25) is 30.1 Å². The Hall–Kier alpha value is -2.70. The third-order valence-corrected chi connectivity index (χ3v) is 6.14. The van der Waals surface area contributed by atoms with Gasteiger partial charge in [-0.2, -0.15) is 0 Å². The molecule has 1 aromatic rings. The first-order valence-electron chi connectivity index (χ1n) is 11.3. The number of carbonyl (C=O) groups is 2. The Morgan fingerprint density at radius 3 is 2.35 bits per heavy atom. The number of aliphatic hydroxyl groups is 1.